The molecule has 3 rings (SSSR count). The normalized spacial score (nSPS) is 12.8. The van der Waals surface area contributed by atoms with Gasteiger partial charge in [-0.25, -0.2) is 4.98 Å². The standard InChI is InChI=1S/C22H27N5O3S2/c1-7-12-27-19(14(3)30-18-10-8-17(29-6)9-11-18)25-26-22(27)32-16(5)20(28)24-21-23-13(2)15(4)31-21/h7-11,14,16H,1,12H2,2-6H3,(H,23,24,28). The topological polar surface area (TPSA) is 91.2 Å². The van der Waals surface area contributed by atoms with E-state index in [1.165, 1.54) is 23.1 Å². The van der Waals surface area contributed by atoms with Crippen LogP contribution in [-0.2, 0) is 11.3 Å². The second-order valence-electron chi connectivity index (χ2n) is 7.09. The highest BCUT2D eigenvalue weighted by atomic mass is 32.2. The van der Waals surface area contributed by atoms with E-state index in [-0.39, 0.29) is 12.0 Å². The molecule has 2 aromatic heterocycles. The van der Waals surface area contributed by atoms with Crippen molar-refractivity contribution >= 4 is 34.1 Å². The monoisotopic (exact) mass is 473 g/mol. The van der Waals surface area contributed by atoms with Crippen LogP contribution < -0.4 is 14.8 Å². The average molecular weight is 474 g/mol. The number of aryl methyl sites for hydroxylation is 2. The molecular formula is C22H27N5O3S2. The van der Waals surface area contributed by atoms with E-state index in [2.05, 4.69) is 27.1 Å². The fourth-order valence-electron chi connectivity index (χ4n) is 2.84. The van der Waals surface area contributed by atoms with E-state index in [0.29, 0.717) is 28.4 Å². The van der Waals surface area contributed by atoms with E-state index in [9.17, 15) is 4.79 Å². The fraction of sp³-hybridized carbons (Fsp3) is 0.364. The molecule has 3 aromatic rings. The molecule has 1 N–H and O–H groups in total. The molecule has 0 aliphatic rings. The number of carbonyl (C=O) groups excluding carboxylic acids is 1. The number of methoxy groups -OCH3 is 1. The van der Waals surface area contributed by atoms with Crippen LogP contribution in [0.1, 0.15) is 36.3 Å². The fourth-order valence-corrected chi connectivity index (χ4v) is 4.53. The summed E-state index contributed by atoms with van der Waals surface area (Å²) in [5, 5.41) is 12.4. The largest absolute Gasteiger partial charge is 0.497 e. The summed E-state index contributed by atoms with van der Waals surface area (Å²) in [6, 6.07) is 7.36. The summed E-state index contributed by atoms with van der Waals surface area (Å²) in [7, 11) is 1.62. The molecule has 0 aliphatic heterocycles. The van der Waals surface area contributed by atoms with Gasteiger partial charge in [0.25, 0.3) is 0 Å². The van der Waals surface area contributed by atoms with Crippen LogP contribution in [0.15, 0.2) is 42.1 Å². The molecule has 2 heterocycles. The lowest BCUT2D eigenvalue weighted by Crippen LogP contribution is -2.23. The number of benzene rings is 1. The minimum atomic E-state index is -0.391. The van der Waals surface area contributed by atoms with Crippen molar-refractivity contribution in [2.24, 2.45) is 0 Å². The number of nitrogens with one attached hydrogen (secondary N) is 1. The highest BCUT2D eigenvalue weighted by Gasteiger charge is 2.23. The molecule has 0 radical (unpaired) electrons. The van der Waals surface area contributed by atoms with Crippen molar-refractivity contribution in [2.75, 3.05) is 12.4 Å². The SMILES string of the molecule is C=CCn1c(SC(C)C(=O)Nc2nc(C)c(C)s2)nnc1C(C)Oc1ccc(OC)cc1. The van der Waals surface area contributed by atoms with Gasteiger partial charge in [-0.2, -0.15) is 0 Å². The van der Waals surface area contributed by atoms with Crippen LogP contribution >= 0.6 is 23.1 Å². The summed E-state index contributed by atoms with van der Waals surface area (Å²) >= 11 is 2.80. The van der Waals surface area contributed by atoms with Crippen LogP contribution in [0.4, 0.5) is 5.13 Å². The van der Waals surface area contributed by atoms with Crippen LogP contribution in [0.5, 0.6) is 11.5 Å². The third-order valence-corrected chi connectivity index (χ3v) is 6.77. The maximum atomic E-state index is 12.7. The van der Waals surface area contributed by atoms with Gasteiger partial charge in [0.1, 0.15) is 11.5 Å². The Kier molecular flexibility index (Phi) is 7.92. The van der Waals surface area contributed by atoms with Crippen molar-refractivity contribution in [3.63, 3.8) is 0 Å². The summed E-state index contributed by atoms with van der Waals surface area (Å²) in [5.41, 5.74) is 0.923. The Balaban J connectivity index is 1.71. The zero-order valence-corrected chi connectivity index (χ0v) is 20.4. The van der Waals surface area contributed by atoms with Crippen LogP contribution in [0.25, 0.3) is 0 Å². The number of rotatable bonds is 10. The minimum Gasteiger partial charge on any atom is -0.497 e. The maximum Gasteiger partial charge on any atom is 0.239 e. The number of ether oxygens (including phenoxy) is 2. The minimum absolute atomic E-state index is 0.138. The summed E-state index contributed by atoms with van der Waals surface area (Å²) in [6.07, 6.45) is 1.42. The Morgan fingerprint density at radius 1 is 1.25 bits per heavy atom. The zero-order valence-electron chi connectivity index (χ0n) is 18.8. The van der Waals surface area contributed by atoms with Gasteiger partial charge in [-0.1, -0.05) is 17.8 Å². The van der Waals surface area contributed by atoms with E-state index in [4.69, 9.17) is 9.47 Å². The molecule has 2 unspecified atom stereocenters. The molecule has 0 saturated heterocycles. The maximum absolute atomic E-state index is 12.7. The predicted octanol–water partition coefficient (Wildman–Crippen LogP) is 4.81. The number of thiazole rings is 1. The van der Waals surface area contributed by atoms with E-state index in [1.54, 1.807) is 13.2 Å². The Hall–Kier alpha value is -2.85. The van der Waals surface area contributed by atoms with E-state index >= 15 is 0 Å². The molecule has 170 valence electrons. The van der Waals surface area contributed by atoms with Gasteiger partial charge in [0, 0.05) is 11.4 Å². The third-order valence-electron chi connectivity index (χ3n) is 4.70. The molecule has 0 bridgehead atoms. The molecule has 2 atom stereocenters. The number of aromatic nitrogens is 4. The first-order valence-electron chi connectivity index (χ1n) is 10.1. The van der Waals surface area contributed by atoms with Gasteiger partial charge in [-0.3, -0.25) is 9.36 Å². The van der Waals surface area contributed by atoms with E-state index in [1.807, 2.05) is 56.5 Å². The Labute approximate surface area is 196 Å². The first-order chi connectivity index (χ1) is 15.3. The van der Waals surface area contributed by atoms with Crippen molar-refractivity contribution in [2.45, 2.75) is 50.8 Å². The molecule has 0 spiro atoms. The average Bonchev–Trinajstić information content (AvgIpc) is 3.31. The van der Waals surface area contributed by atoms with Gasteiger partial charge in [-0.15, -0.1) is 28.1 Å². The molecule has 0 fully saturated rings. The summed E-state index contributed by atoms with van der Waals surface area (Å²) < 4.78 is 13.1. The van der Waals surface area contributed by atoms with E-state index < -0.39 is 5.25 Å². The van der Waals surface area contributed by atoms with Crippen LogP contribution in [0.3, 0.4) is 0 Å². The van der Waals surface area contributed by atoms with Crippen molar-refractivity contribution in [3.05, 3.63) is 53.3 Å². The number of hydrogen-bond donors (Lipinski definition) is 1. The number of nitrogens with zero attached hydrogens (tertiary/aromatic N) is 4. The smallest absolute Gasteiger partial charge is 0.239 e. The highest BCUT2D eigenvalue weighted by Crippen LogP contribution is 2.29. The quantitative estimate of drug-likeness (QED) is 0.334. The van der Waals surface area contributed by atoms with Crippen LogP contribution in [0, 0.1) is 13.8 Å². The second-order valence-corrected chi connectivity index (χ2v) is 9.60. The van der Waals surface area contributed by atoms with Gasteiger partial charge in [-0.05, 0) is 52.0 Å². The van der Waals surface area contributed by atoms with Crippen molar-refractivity contribution in [1.29, 1.82) is 0 Å². The molecule has 1 aromatic carbocycles. The number of hydrogen-bond acceptors (Lipinski definition) is 8. The lowest BCUT2D eigenvalue weighted by molar-refractivity contribution is -0.115. The molecule has 8 nitrogen and oxygen atoms in total. The summed E-state index contributed by atoms with van der Waals surface area (Å²) in [4.78, 5) is 18.1. The summed E-state index contributed by atoms with van der Waals surface area (Å²) in [6.45, 7) is 12.0. The van der Waals surface area contributed by atoms with Crippen LogP contribution in [0.2, 0.25) is 0 Å². The highest BCUT2D eigenvalue weighted by molar-refractivity contribution is 8.00. The number of thioether (sulfide) groups is 1. The van der Waals surface area contributed by atoms with Gasteiger partial charge in [0.15, 0.2) is 22.2 Å². The number of anilines is 1. The van der Waals surface area contributed by atoms with Crippen molar-refractivity contribution in [3.8, 4) is 11.5 Å². The van der Waals surface area contributed by atoms with E-state index in [0.717, 1.165) is 16.3 Å². The molecule has 0 saturated carbocycles. The van der Waals surface area contributed by atoms with Gasteiger partial charge >= 0.3 is 0 Å². The summed E-state index contributed by atoms with van der Waals surface area (Å²) in [5.74, 6) is 1.97. The zero-order chi connectivity index (χ0) is 23.3. The van der Waals surface area contributed by atoms with Crippen molar-refractivity contribution in [1.82, 2.24) is 19.7 Å². The third kappa shape index (κ3) is 5.68. The van der Waals surface area contributed by atoms with Crippen molar-refractivity contribution < 1.29 is 14.3 Å². The first kappa shape index (κ1) is 23.8. The van der Waals surface area contributed by atoms with Gasteiger partial charge in [0.2, 0.25) is 5.91 Å². The van der Waals surface area contributed by atoms with Gasteiger partial charge in [0.05, 0.1) is 18.1 Å². The Morgan fingerprint density at radius 2 is 1.94 bits per heavy atom. The van der Waals surface area contributed by atoms with Gasteiger partial charge < -0.3 is 14.8 Å². The molecule has 1 amide bonds. The number of carbonyl (C=O) groups is 1. The number of allylic oxidation sites excluding steroid dienone is 1. The Morgan fingerprint density at radius 3 is 2.53 bits per heavy atom. The molecule has 32 heavy (non-hydrogen) atoms. The second kappa shape index (κ2) is 10.6. The first-order valence-corrected chi connectivity index (χ1v) is 11.8. The molecule has 10 heteroatoms. The lowest BCUT2D eigenvalue weighted by Gasteiger charge is -2.16. The molecule has 0 aliphatic carbocycles. The van der Waals surface area contributed by atoms with Crippen LogP contribution in [-0.4, -0.2) is 38.0 Å². The predicted molar refractivity (Wildman–Crippen MR) is 128 cm³/mol. The number of amides is 1. The molecular weight excluding hydrogens is 446 g/mol. The Bertz CT molecular complexity index is 1060. The lowest BCUT2D eigenvalue weighted by atomic mass is 10.3.